The number of carbonyl (C=O) groups excluding carboxylic acids is 1. The van der Waals surface area contributed by atoms with E-state index in [1.54, 1.807) is 17.1 Å². The zero-order valence-corrected chi connectivity index (χ0v) is 15.1. The summed E-state index contributed by atoms with van der Waals surface area (Å²) in [6.45, 7) is 0. The van der Waals surface area contributed by atoms with Gasteiger partial charge in [-0.3, -0.25) is 9.78 Å². The highest BCUT2D eigenvalue weighted by molar-refractivity contribution is 6.30. The van der Waals surface area contributed by atoms with Gasteiger partial charge in [-0.2, -0.15) is 10.1 Å². The van der Waals surface area contributed by atoms with Gasteiger partial charge in [0.25, 0.3) is 0 Å². The summed E-state index contributed by atoms with van der Waals surface area (Å²) in [7, 11) is 0. The van der Waals surface area contributed by atoms with Crippen molar-refractivity contribution >= 4 is 23.3 Å². The third-order valence-corrected chi connectivity index (χ3v) is 5.46. The SMILES string of the molecule is O=C1C[C@@H](c2ccc(Cl)cc2)CC2=C1[C@H](c1cccnc1)n1ncnc1N2. The number of carbonyl (C=O) groups is 1. The van der Waals surface area contributed by atoms with E-state index in [0.29, 0.717) is 17.4 Å². The van der Waals surface area contributed by atoms with E-state index in [1.165, 1.54) is 6.33 Å². The summed E-state index contributed by atoms with van der Waals surface area (Å²) in [5.74, 6) is 0.885. The van der Waals surface area contributed by atoms with Crippen molar-refractivity contribution in [2.24, 2.45) is 0 Å². The number of ketones is 1. The van der Waals surface area contributed by atoms with Crippen LogP contribution in [0.1, 0.15) is 35.9 Å². The first-order chi connectivity index (χ1) is 13.2. The van der Waals surface area contributed by atoms with Crippen molar-refractivity contribution in [2.75, 3.05) is 5.32 Å². The molecule has 2 aromatic heterocycles. The molecule has 27 heavy (non-hydrogen) atoms. The molecule has 134 valence electrons. The first-order valence-electron chi connectivity index (χ1n) is 8.79. The van der Waals surface area contributed by atoms with Gasteiger partial charge >= 0.3 is 0 Å². The zero-order chi connectivity index (χ0) is 18.4. The van der Waals surface area contributed by atoms with Gasteiger partial charge < -0.3 is 5.32 Å². The van der Waals surface area contributed by atoms with Crippen LogP contribution in [0.4, 0.5) is 5.95 Å². The van der Waals surface area contributed by atoms with Crippen LogP contribution >= 0.6 is 11.6 Å². The molecule has 1 aliphatic heterocycles. The fourth-order valence-electron chi connectivity index (χ4n) is 3.97. The molecule has 2 aliphatic rings. The standard InChI is InChI=1S/C20H16ClN5O/c21-15-5-3-12(4-6-15)14-8-16-18(17(27)9-14)19(13-2-1-7-22-10-13)26-20(25-16)23-11-24-26/h1-7,10-11,14,19H,8-9H2,(H,23,24,25)/t14-,19-/m0/s1. The number of Topliss-reactive ketones (excluding diaryl/α,β-unsaturated/α-hetero) is 1. The summed E-state index contributed by atoms with van der Waals surface area (Å²) >= 11 is 6.01. The van der Waals surface area contributed by atoms with Crippen LogP contribution in [-0.2, 0) is 4.79 Å². The van der Waals surface area contributed by atoms with Gasteiger partial charge in [0.15, 0.2) is 5.78 Å². The Morgan fingerprint density at radius 1 is 1.11 bits per heavy atom. The summed E-state index contributed by atoms with van der Waals surface area (Å²) in [5.41, 5.74) is 3.72. The van der Waals surface area contributed by atoms with Gasteiger partial charge in [-0.05, 0) is 41.7 Å². The third kappa shape index (κ3) is 2.73. The van der Waals surface area contributed by atoms with E-state index in [9.17, 15) is 4.79 Å². The molecule has 2 atom stereocenters. The maximum absolute atomic E-state index is 13.2. The molecular weight excluding hydrogens is 362 g/mol. The highest BCUT2D eigenvalue weighted by Crippen LogP contribution is 2.43. The van der Waals surface area contributed by atoms with Gasteiger partial charge in [0.1, 0.15) is 12.4 Å². The molecule has 1 aliphatic carbocycles. The Morgan fingerprint density at radius 2 is 1.96 bits per heavy atom. The van der Waals surface area contributed by atoms with Crippen LogP contribution in [0.25, 0.3) is 0 Å². The molecule has 1 N–H and O–H groups in total. The van der Waals surface area contributed by atoms with Crippen LogP contribution in [0.5, 0.6) is 0 Å². The molecule has 3 aromatic rings. The van der Waals surface area contributed by atoms with Gasteiger partial charge in [-0.25, -0.2) is 4.68 Å². The Labute approximate surface area is 160 Å². The number of allylic oxidation sites excluding steroid dienone is 2. The van der Waals surface area contributed by atoms with E-state index in [1.807, 2.05) is 36.4 Å². The smallest absolute Gasteiger partial charge is 0.226 e. The van der Waals surface area contributed by atoms with E-state index >= 15 is 0 Å². The number of anilines is 1. The molecule has 0 unspecified atom stereocenters. The highest BCUT2D eigenvalue weighted by Gasteiger charge is 2.39. The van der Waals surface area contributed by atoms with E-state index < -0.39 is 0 Å². The molecule has 3 heterocycles. The fourth-order valence-corrected chi connectivity index (χ4v) is 4.09. The zero-order valence-electron chi connectivity index (χ0n) is 14.3. The highest BCUT2D eigenvalue weighted by atomic mass is 35.5. The van der Waals surface area contributed by atoms with Crippen LogP contribution in [0, 0.1) is 0 Å². The lowest BCUT2D eigenvalue weighted by Gasteiger charge is -2.35. The predicted octanol–water partition coefficient (Wildman–Crippen LogP) is 3.74. The monoisotopic (exact) mass is 377 g/mol. The molecule has 1 aromatic carbocycles. The topological polar surface area (TPSA) is 72.7 Å². The minimum atomic E-state index is -0.300. The number of rotatable bonds is 2. The summed E-state index contributed by atoms with van der Waals surface area (Å²) < 4.78 is 1.76. The Hall–Kier alpha value is -2.99. The lowest BCUT2D eigenvalue weighted by Crippen LogP contribution is -2.33. The van der Waals surface area contributed by atoms with Crippen molar-refractivity contribution in [2.45, 2.75) is 24.8 Å². The first-order valence-corrected chi connectivity index (χ1v) is 9.16. The number of nitrogens with one attached hydrogen (secondary N) is 1. The second kappa shape index (κ2) is 6.32. The minimum Gasteiger partial charge on any atom is -0.328 e. The molecule has 7 heteroatoms. The molecule has 0 saturated heterocycles. The summed E-state index contributed by atoms with van der Waals surface area (Å²) in [6.07, 6.45) is 6.21. The third-order valence-electron chi connectivity index (χ3n) is 5.20. The quantitative estimate of drug-likeness (QED) is 0.736. The van der Waals surface area contributed by atoms with Crippen molar-refractivity contribution in [1.82, 2.24) is 19.7 Å². The molecule has 5 rings (SSSR count). The largest absolute Gasteiger partial charge is 0.328 e. The Kier molecular flexibility index (Phi) is 3.79. The number of pyridine rings is 1. The molecule has 0 bridgehead atoms. The Bertz CT molecular complexity index is 1040. The molecule has 0 fully saturated rings. The summed E-state index contributed by atoms with van der Waals surface area (Å²) in [4.78, 5) is 21.7. The van der Waals surface area contributed by atoms with E-state index in [2.05, 4.69) is 20.4 Å². The average Bonchev–Trinajstić information content (AvgIpc) is 3.15. The van der Waals surface area contributed by atoms with Gasteiger partial charge in [-0.1, -0.05) is 29.8 Å². The summed E-state index contributed by atoms with van der Waals surface area (Å²) in [6, 6.07) is 11.3. The number of fused-ring (bicyclic) bond motifs is 1. The van der Waals surface area contributed by atoms with E-state index in [4.69, 9.17) is 11.6 Å². The maximum atomic E-state index is 13.2. The maximum Gasteiger partial charge on any atom is 0.226 e. The van der Waals surface area contributed by atoms with Crippen molar-refractivity contribution in [3.05, 3.63) is 82.5 Å². The van der Waals surface area contributed by atoms with E-state index in [-0.39, 0.29) is 17.7 Å². The number of hydrogen-bond acceptors (Lipinski definition) is 5. The Balaban J connectivity index is 1.58. The second-order valence-corrected chi connectivity index (χ2v) is 7.25. The molecule has 0 amide bonds. The van der Waals surface area contributed by atoms with Crippen LogP contribution in [0.2, 0.25) is 5.02 Å². The van der Waals surface area contributed by atoms with E-state index in [0.717, 1.165) is 28.8 Å². The fraction of sp³-hybridized carbons (Fsp3) is 0.200. The number of halogens is 1. The lowest BCUT2D eigenvalue weighted by atomic mass is 9.78. The van der Waals surface area contributed by atoms with Gasteiger partial charge in [0.05, 0.1) is 0 Å². The van der Waals surface area contributed by atoms with Gasteiger partial charge in [-0.15, -0.1) is 0 Å². The van der Waals surface area contributed by atoms with Gasteiger partial charge in [0.2, 0.25) is 5.95 Å². The first kappa shape index (κ1) is 16.2. The van der Waals surface area contributed by atoms with Crippen molar-refractivity contribution in [1.29, 1.82) is 0 Å². The van der Waals surface area contributed by atoms with Crippen molar-refractivity contribution in [3.63, 3.8) is 0 Å². The number of benzene rings is 1. The molecule has 0 radical (unpaired) electrons. The molecular formula is C20H16ClN5O. The Morgan fingerprint density at radius 3 is 2.74 bits per heavy atom. The van der Waals surface area contributed by atoms with Crippen molar-refractivity contribution < 1.29 is 4.79 Å². The van der Waals surface area contributed by atoms with Crippen LogP contribution in [0.15, 0.2) is 66.4 Å². The minimum absolute atomic E-state index is 0.116. The van der Waals surface area contributed by atoms with Crippen LogP contribution in [0.3, 0.4) is 0 Å². The summed E-state index contributed by atoms with van der Waals surface area (Å²) in [5, 5.41) is 8.36. The number of nitrogens with zero attached hydrogens (tertiary/aromatic N) is 4. The number of hydrogen-bond donors (Lipinski definition) is 1. The average molecular weight is 378 g/mol. The van der Waals surface area contributed by atoms with Gasteiger partial charge in [0, 0.05) is 35.1 Å². The van der Waals surface area contributed by atoms with Crippen LogP contribution < -0.4 is 5.32 Å². The van der Waals surface area contributed by atoms with Crippen molar-refractivity contribution in [3.8, 4) is 0 Å². The molecule has 6 nitrogen and oxygen atoms in total. The second-order valence-electron chi connectivity index (χ2n) is 6.81. The number of aromatic nitrogens is 4. The van der Waals surface area contributed by atoms with Crippen LogP contribution in [-0.4, -0.2) is 25.5 Å². The molecule has 0 saturated carbocycles. The normalized spacial score (nSPS) is 21.4. The lowest BCUT2D eigenvalue weighted by molar-refractivity contribution is -0.116. The molecule has 0 spiro atoms. The predicted molar refractivity (Wildman–Crippen MR) is 101 cm³/mol.